The van der Waals surface area contributed by atoms with Gasteiger partial charge in [-0.15, -0.1) is 0 Å². The van der Waals surface area contributed by atoms with Crippen molar-refractivity contribution >= 4 is 0 Å². The van der Waals surface area contributed by atoms with Gasteiger partial charge >= 0.3 is 0 Å². The van der Waals surface area contributed by atoms with Crippen molar-refractivity contribution < 1.29 is 0 Å². The maximum atomic E-state index is 5.55. The highest BCUT2D eigenvalue weighted by molar-refractivity contribution is 5.10. The summed E-state index contributed by atoms with van der Waals surface area (Å²) in [6.45, 7) is 7.51. The van der Waals surface area contributed by atoms with Crippen LogP contribution in [0.25, 0.3) is 0 Å². The van der Waals surface area contributed by atoms with Gasteiger partial charge in [-0.1, -0.05) is 20.8 Å². The summed E-state index contributed by atoms with van der Waals surface area (Å²) in [7, 11) is 0. The van der Waals surface area contributed by atoms with Crippen molar-refractivity contribution in [1.29, 1.82) is 0 Å². The Labute approximate surface area is 91.8 Å². The number of hydrogen-bond donors (Lipinski definition) is 2. The molecule has 15 heavy (non-hydrogen) atoms. The summed E-state index contributed by atoms with van der Waals surface area (Å²) in [5.41, 5.74) is 4.03. The van der Waals surface area contributed by atoms with E-state index in [-0.39, 0.29) is 6.04 Å². The van der Waals surface area contributed by atoms with Crippen LogP contribution in [0.3, 0.4) is 0 Å². The van der Waals surface area contributed by atoms with E-state index >= 15 is 0 Å². The lowest BCUT2D eigenvalue weighted by Gasteiger charge is -2.16. The van der Waals surface area contributed by atoms with E-state index in [9.17, 15) is 0 Å². The quantitative estimate of drug-likeness (QED) is 0.556. The van der Waals surface area contributed by atoms with Gasteiger partial charge < -0.3 is 0 Å². The summed E-state index contributed by atoms with van der Waals surface area (Å²) in [6.07, 6.45) is 6.12. The highest BCUT2D eigenvalue weighted by Gasteiger charge is 2.13. The first kappa shape index (κ1) is 12.2. The number of nitrogens with two attached hydrogens (primary N) is 1. The molecular weight excluding hydrogens is 188 g/mol. The first-order valence-electron chi connectivity index (χ1n) is 5.65. The number of aryl methyl sites for hydroxylation is 1. The first-order chi connectivity index (χ1) is 7.17. The minimum absolute atomic E-state index is 0.218. The predicted molar refractivity (Wildman–Crippen MR) is 62.0 cm³/mol. The second-order valence-electron chi connectivity index (χ2n) is 4.39. The normalized spacial score (nSPS) is 13.4. The summed E-state index contributed by atoms with van der Waals surface area (Å²) in [5.74, 6) is 6.17. The van der Waals surface area contributed by atoms with Gasteiger partial charge in [0.05, 0.1) is 6.20 Å². The highest BCUT2D eigenvalue weighted by atomic mass is 15.3. The second kappa shape index (κ2) is 5.88. The van der Waals surface area contributed by atoms with Crippen LogP contribution in [-0.4, -0.2) is 9.78 Å². The molecular formula is C11H22N4. The van der Waals surface area contributed by atoms with E-state index in [2.05, 4.69) is 37.5 Å². The molecule has 0 aliphatic heterocycles. The summed E-state index contributed by atoms with van der Waals surface area (Å²) < 4.78 is 1.97. The van der Waals surface area contributed by atoms with E-state index < -0.39 is 0 Å². The molecule has 0 radical (unpaired) electrons. The molecule has 0 amide bonds. The zero-order valence-corrected chi connectivity index (χ0v) is 9.90. The Balaban J connectivity index is 2.65. The molecule has 0 spiro atoms. The maximum Gasteiger partial charge on any atom is 0.0538 e. The fraction of sp³-hybridized carbons (Fsp3) is 0.727. The Hall–Kier alpha value is -0.870. The van der Waals surface area contributed by atoms with Crippen molar-refractivity contribution in [3.05, 3.63) is 18.0 Å². The molecule has 0 saturated heterocycles. The summed E-state index contributed by atoms with van der Waals surface area (Å²) in [4.78, 5) is 0. The van der Waals surface area contributed by atoms with E-state index in [0.717, 1.165) is 19.4 Å². The van der Waals surface area contributed by atoms with Crippen LogP contribution in [0.1, 0.15) is 45.2 Å². The van der Waals surface area contributed by atoms with E-state index in [4.69, 9.17) is 5.84 Å². The van der Waals surface area contributed by atoms with Gasteiger partial charge in [-0.3, -0.25) is 16.0 Å². The molecule has 3 N–H and O–H groups in total. The minimum Gasteiger partial charge on any atom is -0.272 e. The molecule has 0 aliphatic carbocycles. The molecule has 0 fully saturated rings. The zero-order valence-electron chi connectivity index (χ0n) is 9.90. The predicted octanol–water partition coefficient (Wildman–Crippen LogP) is 1.84. The SMILES string of the molecule is CCCn1cc(C(CC(C)C)NN)cn1. The molecule has 0 aromatic carbocycles. The van der Waals surface area contributed by atoms with E-state index in [1.54, 1.807) is 0 Å². The fourth-order valence-corrected chi connectivity index (χ4v) is 1.68. The van der Waals surface area contributed by atoms with Crippen LogP contribution in [0.2, 0.25) is 0 Å². The van der Waals surface area contributed by atoms with Crippen molar-refractivity contribution in [3.63, 3.8) is 0 Å². The highest BCUT2D eigenvalue weighted by Crippen LogP contribution is 2.19. The smallest absolute Gasteiger partial charge is 0.0538 e. The van der Waals surface area contributed by atoms with Gasteiger partial charge in [0.25, 0.3) is 0 Å². The Morgan fingerprint density at radius 1 is 1.53 bits per heavy atom. The van der Waals surface area contributed by atoms with Crippen LogP contribution in [0, 0.1) is 5.92 Å². The Kier molecular flexibility index (Phi) is 4.78. The van der Waals surface area contributed by atoms with Crippen LogP contribution >= 0.6 is 0 Å². The van der Waals surface area contributed by atoms with Gasteiger partial charge in [0.15, 0.2) is 0 Å². The number of hydrogen-bond acceptors (Lipinski definition) is 3. The summed E-state index contributed by atoms with van der Waals surface area (Å²) >= 11 is 0. The number of hydrazine groups is 1. The Morgan fingerprint density at radius 2 is 2.27 bits per heavy atom. The van der Waals surface area contributed by atoms with Crippen molar-refractivity contribution in [1.82, 2.24) is 15.2 Å². The number of aromatic nitrogens is 2. The molecule has 1 atom stereocenters. The van der Waals surface area contributed by atoms with Crippen molar-refractivity contribution in [2.75, 3.05) is 0 Å². The van der Waals surface area contributed by atoms with Gasteiger partial charge in [0.1, 0.15) is 0 Å². The molecule has 86 valence electrons. The van der Waals surface area contributed by atoms with Gasteiger partial charge in [0, 0.05) is 24.3 Å². The zero-order chi connectivity index (χ0) is 11.3. The first-order valence-corrected chi connectivity index (χ1v) is 5.65. The molecule has 0 bridgehead atoms. The van der Waals surface area contributed by atoms with Crippen LogP contribution < -0.4 is 11.3 Å². The summed E-state index contributed by atoms with van der Waals surface area (Å²) in [6, 6.07) is 0.218. The van der Waals surface area contributed by atoms with Gasteiger partial charge in [-0.2, -0.15) is 5.10 Å². The average molecular weight is 210 g/mol. The number of rotatable bonds is 6. The second-order valence-corrected chi connectivity index (χ2v) is 4.39. The molecule has 4 nitrogen and oxygen atoms in total. The maximum absolute atomic E-state index is 5.55. The van der Waals surface area contributed by atoms with Crippen LogP contribution in [0.4, 0.5) is 0 Å². The van der Waals surface area contributed by atoms with Crippen molar-refractivity contribution in [3.8, 4) is 0 Å². The Morgan fingerprint density at radius 3 is 2.80 bits per heavy atom. The van der Waals surface area contributed by atoms with Crippen molar-refractivity contribution in [2.24, 2.45) is 11.8 Å². The van der Waals surface area contributed by atoms with E-state index in [1.807, 2.05) is 10.9 Å². The van der Waals surface area contributed by atoms with E-state index in [1.165, 1.54) is 5.56 Å². The third kappa shape index (κ3) is 3.64. The monoisotopic (exact) mass is 210 g/mol. The summed E-state index contributed by atoms with van der Waals surface area (Å²) in [5, 5.41) is 4.30. The largest absolute Gasteiger partial charge is 0.272 e. The van der Waals surface area contributed by atoms with Gasteiger partial charge in [0.2, 0.25) is 0 Å². The molecule has 4 heteroatoms. The Bertz CT molecular complexity index is 280. The van der Waals surface area contributed by atoms with Crippen LogP contribution in [0.15, 0.2) is 12.4 Å². The van der Waals surface area contributed by atoms with Gasteiger partial charge in [-0.25, -0.2) is 0 Å². The van der Waals surface area contributed by atoms with Crippen LogP contribution in [-0.2, 0) is 6.54 Å². The molecule has 1 unspecified atom stereocenters. The van der Waals surface area contributed by atoms with Gasteiger partial charge in [-0.05, 0) is 18.8 Å². The molecule has 1 rings (SSSR count). The topological polar surface area (TPSA) is 55.9 Å². The number of nitrogens with one attached hydrogen (secondary N) is 1. The molecule has 1 aromatic rings. The molecule has 1 aromatic heterocycles. The molecule has 1 heterocycles. The lowest BCUT2D eigenvalue weighted by molar-refractivity contribution is 0.437. The minimum atomic E-state index is 0.218. The standard InChI is InChI=1S/C11H22N4/c1-4-5-15-8-10(7-13-15)11(14-12)6-9(2)3/h7-9,11,14H,4-6,12H2,1-3H3. The van der Waals surface area contributed by atoms with Crippen LogP contribution in [0.5, 0.6) is 0 Å². The average Bonchev–Trinajstić information content (AvgIpc) is 2.63. The van der Waals surface area contributed by atoms with Crippen molar-refractivity contribution in [2.45, 2.75) is 46.2 Å². The third-order valence-electron chi connectivity index (χ3n) is 2.42. The molecule has 0 saturated carbocycles. The molecule has 0 aliphatic rings. The number of nitrogens with zero attached hydrogens (tertiary/aromatic N) is 2. The fourth-order valence-electron chi connectivity index (χ4n) is 1.68. The third-order valence-corrected chi connectivity index (χ3v) is 2.42. The lowest BCUT2D eigenvalue weighted by Crippen LogP contribution is -2.28. The lowest BCUT2D eigenvalue weighted by atomic mass is 10.0. The van der Waals surface area contributed by atoms with E-state index in [0.29, 0.717) is 5.92 Å².